The number of rotatable bonds is 7. The van der Waals surface area contributed by atoms with Gasteiger partial charge in [0, 0.05) is 24.2 Å². The average Bonchev–Trinajstić information content (AvgIpc) is 2.73. The van der Waals surface area contributed by atoms with Crippen molar-refractivity contribution < 1.29 is 9.84 Å². The van der Waals surface area contributed by atoms with Gasteiger partial charge in [0.15, 0.2) is 5.11 Å². The van der Waals surface area contributed by atoms with Crippen molar-refractivity contribution in [2.24, 2.45) is 0 Å². The number of nitrogens with zero attached hydrogens (tertiary/aromatic N) is 1. The molecule has 0 spiro atoms. The van der Waals surface area contributed by atoms with E-state index in [-0.39, 0.29) is 12.2 Å². The number of aromatic amines is 1. The standard InChI is InChI=1S/C23H27N3O3S/c1-15-11-17-13-18(22(28)24-20(17)12-16(15)2)14-26(9-6-10-27)23(30)25-19-7-4-5-8-21(19)29-3/h4-5,7-8,11-13,27H,6,9-10,14H2,1-3H3,(H,24,28)(H,25,30). The van der Waals surface area contributed by atoms with E-state index in [9.17, 15) is 9.90 Å². The Hall–Kier alpha value is -2.90. The molecule has 1 aromatic heterocycles. The molecule has 2 aromatic carbocycles. The summed E-state index contributed by atoms with van der Waals surface area (Å²) in [5.74, 6) is 0.677. The van der Waals surface area contributed by atoms with Crippen LogP contribution < -0.4 is 15.6 Å². The Morgan fingerprint density at radius 1 is 1.20 bits per heavy atom. The molecule has 0 amide bonds. The lowest BCUT2D eigenvalue weighted by molar-refractivity contribution is 0.265. The zero-order valence-electron chi connectivity index (χ0n) is 17.5. The lowest BCUT2D eigenvalue weighted by Gasteiger charge is -2.26. The smallest absolute Gasteiger partial charge is 0.253 e. The highest BCUT2D eigenvalue weighted by atomic mass is 32.1. The molecule has 0 bridgehead atoms. The molecule has 0 aliphatic carbocycles. The topological polar surface area (TPSA) is 77.6 Å². The van der Waals surface area contributed by atoms with Crippen LogP contribution in [0.1, 0.15) is 23.1 Å². The fourth-order valence-electron chi connectivity index (χ4n) is 3.30. The Labute approximate surface area is 181 Å². The van der Waals surface area contributed by atoms with E-state index in [4.69, 9.17) is 17.0 Å². The molecule has 7 heteroatoms. The Morgan fingerprint density at radius 3 is 2.67 bits per heavy atom. The third-order valence-electron chi connectivity index (χ3n) is 5.12. The lowest BCUT2D eigenvalue weighted by atomic mass is 10.0. The molecule has 0 unspecified atom stereocenters. The molecule has 1 heterocycles. The predicted molar refractivity (Wildman–Crippen MR) is 125 cm³/mol. The van der Waals surface area contributed by atoms with Crippen LogP contribution in [0.4, 0.5) is 5.69 Å². The fraction of sp³-hybridized carbons (Fsp3) is 0.304. The molecule has 0 saturated heterocycles. The van der Waals surface area contributed by atoms with Gasteiger partial charge >= 0.3 is 0 Å². The summed E-state index contributed by atoms with van der Waals surface area (Å²) in [4.78, 5) is 17.6. The first-order valence-electron chi connectivity index (χ1n) is 9.86. The quantitative estimate of drug-likeness (QED) is 0.501. The van der Waals surface area contributed by atoms with E-state index in [1.807, 2.05) is 48.2 Å². The van der Waals surface area contributed by atoms with E-state index >= 15 is 0 Å². The molecule has 3 rings (SSSR count). The van der Waals surface area contributed by atoms with Gasteiger partial charge in [-0.1, -0.05) is 12.1 Å². The van der Waals surface area contributed by atoms with Gasteiger partial charge in [-0.3, -0.25) is 4.79 Å². The highest BCUT2D eigenvalue weighted by Gasteiger charge is 2.15. The number of hydrogen-bond donors (Lipinski definition) is 3. The third-order valence-corrected chi connectivity index (χ3v) is 5.48. The predicted octanol–water partition coefficient (Wildman–Crippen LogP) is 3.73. The summed E-state index contributed by atoms with van der Waals surface area (Å²) in [5, 5.41) is 14.0. The highest BCUT2D eigenvalue weighted by molar-refractivity contribution is 7.80. The van der Waals surface area contributed by atoms with Crippen LogP contribution in [0.5, 0.6) is 5.75 Å². The van der Waals surface area contributed by atoms with Crippen molar-refractivity contribution in [3.05, 3.63) is 69.5 Å². The third kappa shape index (κ3) is 4.98. The van der Waals surface area contributed by atoms with Crippen molar-refractivity contribution >= 4 is 33.9 Å². The van der Waals surface area contributed by atoms with Gasteiger partial charge in [-0.2, -0.15) is 0 Å². The van der Waals surface area contributed by atoms with Gasteiger partial charge in [-0.25, -0.2) is 0 Å². The van der Waals surface area contributed by atoms with E-state index in [0.717, 1.165) is 22.2 Å². The first-order chi connectivity index (χ1) is 14.4. The minimum absolute atomic E-state index is 0.0420. The first kappa shape index (κ1) is 21.8. The van der Waals surface area contributed by atoms with Gasteiger partial charge < -0.3 is 25.0 Å². The molecule has 3 N–H and O–H groups in total. The van der Waals surface area contributed by atoms with E-state index < -0.39 is 0 Å². The summed E-state index contributed by atoms with van der Waals surface area (Å²) in [6.45, 7) is 4.97. The van der Waals surface area contributed by atoms with Gasteiger partial charge in [0.1, 0.15) is 5.75 Å². The average molecular weight is 426 g/mol. The molecule has 0 aliphatic rings. The van der Waals surface area contributed by atoms with Crippen LogP contribution in [0, 0.1) is 13.8 Å². The maximum Gasteiger partial charge on any atom is 0.253 e. The SMILES string of the molecule is COc1ccccc1NC(=S)N(CCCO)Cc1cc2cc(C)c(C)cc2[nH]c1=O. The van der Waals surface area contributed by atoms with Crippen molar-refractivity contribution in [2.45, 2.75) is 26.8 Å². The normalized spacial score (nSPS) is 10.8. The summed E-state index contributed by atoms with van der Waals surface area (Å²) < 4.78 is 5.38. The number of aliphatic hydroxyl groups is 1. The zero-order valence-corrected chi connectivity index (χ0v) is 18.3. The van der Waals surface area contributed by atoms with Crippen molar-refractivity contribution in [2.75, 3.05) is 25.6 Å². The number of hydrogen-bond acceptors (Lipinski definition) is 4. The van der Waals surface area contributed by atoms with Gasteiger partial charge in [0.25, 0.3) is 5.56 Å². The van der Waals surface area contributed by atoms with Crippen LogP contribution in [-0.2, 0) is 6.54 Å². The molecule has 158 valence electrons. The number of anilines is 1. The second-order valence-electron chi connectivity index (χ2n) is 7.28. The molecule has 30 heavy (non-hydrogen) atoms. The lowest BCUT2D eigenvalue weighted by Crippen LogP contribution is -2.37. The zero-order chi connectivity index (χ0) is 21.7. The van der Waals surface area contributed by atoms with Crippen LogP contribution >= 0.6 is 12.2 Å². The summed E-state index contributed by atoms with van der Waals surface area (Å²) in [6, 6.07) is 13.5. The van der Waals surface area contributed by atoms with Crippen LogP contribution in [0.2, 0.25) is 0 Å². The van der Waals surface area contributed by atoms with Crippen molar-refractivity contribution in [1.82, 2.24) is 9.88 Å². The molecule has 0 radical (unpaired) electrons. The number of aliphatic hydroxyl groups excluding tert-OH is 1. The number of benzene rings is 2. The Morgan fingerprint density at radius 2 is 1.93 bits per heavy atom. The number of H-pyrrole nitrogens is 1. The van der Waals surface area contributed by atoms with Crippen LogP contribution in [0.3, 0.4) is 0 Å². The number of fused-ring (bicyclic) bond motifs is 1. The molecule has 6 nitrogen and oxygen atoms in total. The van der Waals surface area contributed by atoms with E-state index in [1.54, 1.807) is 7.11 Å². The van der Waals surface area contributed by atoms with Crippen LogP contribution in [0.15, 0.2) is 47.3 Å². The number of aromatic nitrogens is 1. The fourth-order valence-corrected chi connectivity index (χ4v) is 3.57. The summed E-state index contributed by atoms with van der Waals surface area (Å²) in [7, 11) is 1.60. The Bertz CT molecular complexity index is 1110. The van der Waals surface area contributed by atoms with E-state index in [0.29, 0.717) is 35.9 Å². The van der Waals surface area contributed by atoms with Gasteiger partial charge in [0.05, 0.1) is 19.3 Å². The molecule has 0 fully saturated rings. The first-order valence-corrected chi connectivity index (χ1v) is 10.3. The summed E-state index contributed by atoms with van der Waals surface area (Å²) in [6.07, 6.45) is 0.539. The number of methoxy groups -OCH3 is 1. The van der Waals surface area contributed by atoms with Crippen LogP contribution in [0.25, 0.3) is 10.9 Å². The molecule has 0 aliphatic heterocycles. The van der Waals surface area contributed by atoms with E-state index in [2.05, 4.69) is 23.3 Å². The molecule has 0 atom stereocenters. The number of thiocarbonyl (C=S) groups is 1. The molecular weight excluding hydrogens is 398 g/mol. The maximum absolute atomic E-state index is 12.7. The van der Waals surface area contributed by atoms with E-state index in [1.165, 1.54) is 5.56 Å². The minimum Gasteiger partial charge on any atom is -0.495 e. The largest absolute Gasteiger partial charge is 0.495 e. The van der Waals surface area contributed by atoms with Crippen LogP contribution in [-0.4, -0.2) is 40.4 Å². The second kappa shape index (κ2) is 9.73. The number of ether oxygens (including phenoxy) is 1. The number of para-hydroxylation sites is 2. The molecule has 3 aromatic rings. The summed E-state index contributed by atoms with van der Waals surface area (Å²) in [5.41, 5.74) is 4.36. The minimum atomic E-state index is -0.139. The van der Waals surface area contributed by atoms with Gasteiger partial charge in [-0.05, 0) is 79.3 Å². The van der Waals surface area contributed by atoms with Crippen molar-refractivity contribution in [3.63, 3.8) is 0 Å². The monoisotopic (exact) mass is 425 g/mol. The highest BCUT2D eigenvalue weighted by Crippen LogP contribution is 2.24. The van der Waals surface area contributed by atoms with Crippen molar-refractivity contribution in [1.29, 1.82) is 0 Å². The molecular formula is C23H27N3O3S. The molecule has 0 saturated carbocycles. The number of aryl methyl sites for hydroxylation is 2. The Kier molecular flexibility index (Phi) is 7.07. The van der Waals surface area contributed by atoms with Crippen molar-refractivity contribution in [3.8, 4) is 5.75 Å². The Balaban J connectivity index is 1.88. The number of nitrogens with one attached hydrogen (secondary N) is 2. The number of pyridine rings is 1. The van der Waals surface area contributed by atoms with Gasteiger partial charge in [-0.15, -0.1) is 0 Å². The second-order valence-corrected chi connectivity index (χ2v) is 7.66. The summed E-state index contributed by atoms with van der Waals surface area (Å²) >= 11 is 5.62. The maximum atomic E-state index is 12.7. The van der Waals surface area contributed by atoms with Gasteiger partial charge in [0.2, 0.25) is 0 Å².